The zero-order chi connectivity index (χ0) is 17.4. The van der Waals surface area contributed by atoms with Crippen LogP contribution in [0.5, 0.6) is 0 Å². The number of aromatic amines is 1. The van der Waals surface area contributed by atoms with Crippen LogP contribution in [0.1, 0.15) is 27.9 Å². The van der Waals surface area contributed by atoms with E-state index in [1.54, 1.807) is 18.4 Å². The molecule has 0 atom stereocenters. The van der Waals surface area contributed by atoms with Gasteiger partial charge in [0.1, 0.15) is 0 Å². The Kier molecular flexibility index (Phi) is 4.01. The number of aromatic nitrogens is 2. The number of rotatable bonds is 3. The van der Waals surface area contributed by atoms with Gasteiger partial charge in [-0.2, -0.15) is 0 Å². The highest BCUT2D eigenvalue weighted by Crippen LogP contribution is 2.21. The molecule has 1 aromatic carbocycles. The topological polar surface area (TPSA) is 62.1 Å². The summed E-state index contributed by atoms with van der Waals surface area (Å²) in [6.07, 6.45) is 2.31. The maximum absolute atomic E-state index is 12.4. The molecule has 5 heteroatoms. The summed E-state index contributed by atoms with van der Waals surface area (Å²) in [6.45, 7) is 6.68. The van der Waals surface area contributed by atoms with Crippen molar-refractivity contribution in [2.75, 3.05) is 6.54 Å². The van der Waals surface area contributed by atoms with Crippen molar-refractivity contribution in [3.05, 3.63) is 74.9 Å². The van der Waals surface area contributed by atoms with Gasteiger partial charge in [-0.3, -0.25) is 9.69 Å². The van der Waals surface area contributed by atoms with E-state index < -0.39 is 0 Å². The number of furan rings is 1. The van der Waals surface area contributed by atoms with Gasteiger partial charge in [0.05, 0.1) is 12.0 Å². The van der Waals surface area contributed by atoms with Crippen LogP contribution in [0.25, 0.3) is 11.6 Å². The Balaban J connectivity index is 1.62. The minimum atomic E-state index is -0.0530. The third kappa shape index (κ3) is 3.15. The quantitative estimate of drug-likeness (QED) is 0.798. The summed E-state index contributed by atoms with van der Waals surface area (Å²) in [5, 5.41) is 0. The maximum atomic E-state index is 12.4. The van der Waals surface area contributed by atoms with Crippen molar-refractivity contribution in [2.45, 2.75) is 33.4 Å². The number of nitrogens with zero attached hydrogens (tertiary/aromatic N) is 2. The number of benzene rings is 1. The molecule has 0 aliphatic carbocycles. The predicted molar refractivity (Wildman–Crippen MR) is 96.3 cm³/mol. The first-order valence-electron chi connectivity index (χ1n) is 8.54. The van der Waals surface area contributed by atoms with Crippen LogP contribution in [0.15, 0.2) is 45.8 Å². The van der Waals surface area contributed by atoms with Crippen LogP contribution in [0, 0.1) is 13.8 Å². The number of nitrogens with one attached hydrogen (secondary N) is 1. The van der Waals surface area contributed by atoms with Crippen LogP contribution in [0.4, 0.5) is 0 Å². The van der Waals surface area contributed by atoms with Gasteiger partial charge in [0, 0.05) is 25.2 Å². The molecular formula is C20H21N3O2. The SMILES string of the molecule is Cc1ccc(C)c(CN2CCc3c(nc(-c4ccco4)[nH]c3=O)C2)c1. The molecule has 3 aromatic rings. The molecular weight excluding hydrogens is 314 g/mol. The summed E-state index contributed by atoms with van der Waals surface area (Å²) >= 11 is 0. The van der Waals surface area contributed by atoms with Crippen LogP contribution in [-0.2, 0) is 19.5 Å². The van der Waals surface area contributed by atoms with Gasteiger partial charge in [-0.25, -0.2) is 4.98 Å². The number of H-pyrrole nitrogens is 1. The van der Waals surface area contributed by atoms with Crippen LogP contribution in [0.3, 0.4) is 0 Å². The zero-order valence-electron chi connectivity index (χ0n) is 14.5. The second kappa shape index (κ2) is 6.33. The predicted octanol–water partition coefficient (Wildman–Crippen LogP) is 3.21. The summed E-state index contributed by atoms with van der Waals surface area (Å²) in [6, 6.07) is 10.1. The second-order valence-corrected chi connectivity index (χ2v) is 6.71. The van der Waals surface area contributed by atoms with Crippen molar-refractivity contribution < 1.29 is 4.42 Å². The molecule has 0 spiro atoms. The maximum Gasteiger partial charge on any atom is 0.254 e. The van der Waals surface area contributed by atoms with Crippen molar-refractivity contribution in [3.8, 4) is 11.6 Å². The molecule has 3 heterocycles. The van der Waals surface area contributed by atoms with E-state index in [2.05, 4.69) is 46.9 Å². The van der Waals surface area contributed by atoms with Crippen LogP contribution < -0.4 is 5.56 Å². The molecule has 5 nitrogen and oxygen atoms in total. The van der Waals surface area contributed by atoms with Gasteiger partial charge in [-0.15, -0.1) is 0 Å². The van der Waals surface area contributed by atoms with E-state index in [1.807, 2.05) is 0 Å². The van der Waals surface area contributed by atoms with Gasteiger partial charge in [-0.05, 0) is 43.5 Å². The molecule has 0 radical (unpaired) electrons. The van der Waals surface area contributed by atoms with E-state index in [-0.39, 0.29) is 5.56 Å². The zero-order valence-corrected chi connectivity index (χ0v) is 14.5. The van der Waals surface area contributed by atoms with Crippen molar-refractivity contribution >= 4 is 0 Å². The van der Waals surface area contributed by atoms with Gasteiger partial charge in [0.2, 0.25) is 0 Å². The molecule has 1 aliphatic heterocycles. The molecule has 128 valence electrons. The Morgan fingerprint density at radius 1 is 1.28 bits per heavy atom. The van der Waals surface area contributed by atoms with Crippen LogP contribution >= 0.6 is 0 Å². The van der Waals surface area contributed by atoms with E-state index in [9.17, 15) is 4.79 Å². The van der Waals surface area contributed by atoms with Gasteiger partial charge >= 0.3 is 0 Å². The fourth-order valence-electron chi connectivity index (χ4n) is 3.37. The van der Waals surface area contributed by atoms with E-state index in [0.717, 1.165) is 30.8 Å². The van der Waals surface area contributed by atoms with E-state index >= 15 is 0 Å². The minimum absolute atomic E-state index is 0.0530. The van der Waals surface area contributed by atoms with E-state index in [4.69, 9.17) is 4.42 Å². The molecule has 0 saturated carbocycles. The lowest BCUT2D eigenvalue weighted by molar-refractivity contribution is 0.240. The fourth-order valence-corrected chi connectivity index (χ4v) is 3.37. The summed E-state index contributed by atoms with van der Waals surface area (Å²) in [4.78, 5) is 22.2. The third-order valence-corrected chi connectivity index (χ3v) is 4.81. The minimum Gasteiger partial charge on any atom is -0.461 e. The van der Waals surface area contributed by atoms with E-state index in [1.165, 1.54) is 16.7 Å². The molecule has 0 unspecified atom stereocenters. The van der Waals surface area contributed by atoms with Gasteiger partial charge in [-0.1, -0.05) is 23.8 Å². The Bertz CT molecular complexity index is 958. The highest BCUT2D eigenvalue weighted by atomic mass is 16.3. The Morgan fingerprint density at radius 3 is 2.96 bits per heavy atom. The molecule has 0 saturated heterocycles. The molecule has 0 fully saturated rings. The average Bonchev–Trinajstić information content (AvgIpc) is 3.12. The van der Waals surface area contributed by atoms with E-state index in [0.29, 0.717) is 18.1 Å². The van der Waals surface area contributed by atoms with Crippen LogP contribution in [0.2, 0.25) is 0 Å². The first-order chi connectivity index (χ1) is 12.1. The second-order valence-electron chi connectivity index (χ2n) is 6.71. The smallest absolute Gasteiger partial charge is 0.254 e. The Hall–Kier alpha value is -2.66. The van der Waals surface area contributed by atoms with Crippen molar-refractivity contribution in [1.29, 1.82) is 0 Å². The number of hydrogen-bond acceptors (Lipinski definition) is 4. The summed E-state index contributed by atoms with van der Waals surface area (Å²) in [5.74, 6) is 1.09. The first kappa shape index (κ1) is 15.8. The molecule has 4 rings (SSSR count). The number of aryl methyl sites for hydroxylation is 2. The lowest BCUT2D eigenvalue weighted by atomic mass is 10.0. The molecule has 0 bridgehead atoms. The number of hydrogen-bond donors (Lipinski definition) is 1. The van der Waals surface area contributed by atoms with Crippen molar-refractivity contribution in [1.82, 2.24) is 14.9 Å². The molecule has 1 aliphatic rings. The highest BCUT2D eigenvalue weighted by Gasteiger charge is 2.22. The average molecular weight is 335 g/mol. The summed E-state index contributed by atoms with van der Waals surface area (Å²) in [5.41, 5.74) is 5.50. The summed E-state index contributed by atoms with van der Waals surface area (Å²) < 4.78 is 5.37. The largest absolute Gasteiger partial charge is 0.461 e. The normalized spacial score (nSPS) is 14.5. The highest BCUT2D eigenvalue weighted by molar-refractivity contribution is 5.47. The lowest BCUT2D eigenvalue weighted by Crippen LogP contribution is -2.35. The molecule has 0 amide bonds. The molecule has 1 N–H and O–H groups in total. The number of fused-ring (bicyclic) bond motifs is 1. The Morgan fingerprint density at radius 2 is 2.16 bits per heavy atom. The monoisotopic (exact) mass is 335 g/mol. The standard InChI is InChI=1S/C20H21N3O2/c1-13-5-6-14(2)15(10-13)11-23-8-7-16-17(12-23)21-19(22-20(16)24)18-4-3-9-25-18/h3-6,9-10H,7-8,11-12H2,1-2H3,(H,21,22,24). The Labute approximate surface area is 146 Å². The van der Waals surface area contributed by atoms with Gasteiger partial charge in [0.15, 0.2) is 11.6 Å². The van der Waals surface area contributed by atoms with Crippen molar-refractivity contribution in [3.63, 3.8) is 0 Å². The summed E-state index contributed by atoms with van der Waals surface area (Å²) in [7, 11) is 0. The molecule has 25 heavy (non-hydrogen) atoms. The molecule has 2 aromatic heterocycles. The third-order valence-electron chi connectivity index (χ3n) is 4.81. The fraction of sp³-hybridized carbons (Fsp3) is 0.300. The van der Waals surface area contributed by atoms with Gasteiger partial charge in [0.25, 0.3) is 5.56 Å². The lowest BCUT2D eigenvalue weighted by Gasteiger charge is -2.28. The van der Waals surface area contributed by atoms with Gasteiger partial charge < -0.3 is 9.40 Å². The van der Waals surface area contributed by atoms with Crippen molar-refractivity contribution in [2.24, 2.45) is 0 Å². The van der Waals surface area contributed by atoms with Crippen LogP contribution in [-0.4, -0.2) is 21.4 Å². The first-order valence-corrected chi connectivity index (χ1v) is 8.54.